The Balaban J connectivity index is 2.58. The number of aromatic hydroxyl groups is 1. The Morgan fingerprint density at radius 2 is 2.31 bits per heavy atom. The van der Waals surface area contributed by atoms with Crippen LogP contribution < -0.4 is 10.5 Å². The maximum Gasteiger partial charge on any atom is 0.165 e. The molecule has 1 aliphatic heterocycles. The van der Waals surface area contributed by atoms with Crippen LogP contribution >= 0.6 is 0 Å². The van der Waals surface area contributed by atoms with Gasteiger partial charge in [-0.1, -0.05) is 12.1 Å². The summed E-state index contributed by atoms with van der Waals surface area (Å²) < 4.78 is 5.36. The topological polar surface area (TPSA) is 55.5 Å². The molecule has 0 aromatic heterocycles. The van der Waals surface area contributed by atoms with Crippen molar-refractivity contribution in [2.45, 2.75) is 18.9 Å². The summed E-state index contributed by atoms with van der Waals surface area (Å²) in [4.78, 5) is 0. The van der Waals surface area contributed by atoms with E-state index in [0.717, 1.165) is 12.0 Å². The molecule has 0 aliphatic carbocycles. The molecule has 1 aromatic rings. The van der Waals surface area contributed by atoms with Crippen molar-refractivity contribution in [1.82, 2.24) is 0 Å². The number of phenols is 1. The van der Waals surface area contributed by atoms with Crippen molar-refractivity contribution in [3.63, 3.8) is 0 Å². The normalized spacial score (nSPS) is 26.3. The van der Waals surface area contributed by atoms with Gasteiger partial charge in [0.2, 0.25) is 0 Å². The molecule has 0 saturated heterocycles. The number of benzene rings is 1. The molecule has 0 radical (unpaired) electrons. The van der Waals surface area contributed by atoms with Crippen molar-refractivity contribution in [3.8, 4) is 11.5 Å². The number of nitrogens with two attached hydrogens (primary N) is 1. The van der Waals surface area contributed by atoms with E-state index in [4.69, 9.17) is 10.5 Å². The van der Waals surface area contributed by atoms with E-state index in [1.54, 1.807) is 12.1 Å². The van der Waals surface area contributed by atoms with Gasteiger partial charge in [0.05, 0.1) is 6.61 Å². The summed E-state index contributed by atoms with van der Waals surface area (Å²) in [5.41, 5.74) is 6.57. The molecule has 0 bridgehead atoms. The van der Waals surface area contributed by atoms with Crippen LogP contribution in [0.2, 0.25) is 0 Å². The van der Waals surface area contributed by atoms with Crippen molar-refractivity contribution in [3.05, 3.63) is 23.8 Å². The van der Waals surface area contributed by atoms with E-state index in [0.29, 0.717) is 12.4 Å². The number of hydrogen-bond acceptors (Lipinski definition) is 3. The van der Waals surface area contributed by atoms with Gasteiger partial charge < -0.3 is 15.6 Å². The third kappa shape index (κ3) is 1.25. The second-order valence-corrected chi connectivity index (χ2v) is 3.67. The predicted molar refractivity (Wildman–Crippen MR) is 49.8 cm³/mol. The molecule has 3 nitrogen and oxygen atoms in total. The SMILES string of the molecule is CC1(N)CCOc2c(O)cccc21. The molecule has 0 amide bonds. The van der Waals surface area contributed by atoms with Crippen molar-refractivity contribution < 1.29 is 9.84 Å². The molecule has 0 saturated carbocycles. The fourth-order valence-corrected chi connectivity index (χ4v) is 1.63. The minimum atomic E-state index is -0.383. The molecule has 0 fully saturated rings. The third-order valence-corrected chi connectivity index (χ3v) is 2.48. The Morgan fingerprint density at radius 1 is 1.54 bits per heavy atom. The van der Waals surface area contributed by atoms with Gasteiger partial charge in [0.15, 0.2) is 11.5 Å². The summed E-state index contributed by atoms with van der Waals surface area (Å²) in [6, 6.07) is 5.29. The molecular formula is C10H13NO2. The van der Waals surface area contributed by atoms with Crippen LogP contribution in [-0.4, -0.2) is 11.7 Å². The van der Waals surface area contributed by atoms with Gasteiger partial charge in [0.1, 0.15) is 0 Å². The number of para-hydroxylation sites is 1. The molecule has 1 unspecified atom stereocenters. The molecular weight excluding hydrogens is 166 g/mol. The predicted octanol–water partition coefficient (Wildman–Crippen LogP) is 1.35. The maximum atomic E-state index is 9.51. The maximum absolute atomic E-state index is 9.51. The summed E-state index contributed by atoms with van der Waals surface area (Å²) in [5, 5.41) is 9.51. The molecule has 1 aliphatic rings. The Bertz CT molecular complexity index is 334. The fraction of sp³-hybridized carbons (Fsp3) is 0.400. The summed E-state index contributed by atoms with van der Waals surface area (Å²) in [6.45, 7) is 2.52. The van der Waals surface area contributed by atoms with E-state index in [-0.39, 0.29) is 11.3 Å². The van der Waals surface area contributed by atoms with Gasteiger partial charge >= 0.3 is 0 Å². The average Bonchev–Trinajstić information content (AvgIpc) is 2.06. The van der Waals surface area contributed by atoms with Gasteiger partial charge in [-0.05, 0) is 13.0 Å². The highest BCUT2D eigenvalue weighted by atomic mass is 16.5. The van der Waals surface area contributed by atoms with Gasteiger partial charge in [0.25, 0.3) is 0 Å². The lowest BCUT2D eigenvalue weighted by Gasteiger charge is -2.32. The second-order valence-electron chi connectivity index (χ2n) is 3.67. The first-order valence-corrected chi connectivity index (χ1v) is 4.35. The van der Waals surface area contributed by atoms with Crippen LogP contribution in [-0.2, 0) is 5.54 Å². The van der Waals surface area contributed by atoms with Crippen molar-refractivity contribution in [2.75, 3.05) is 6.61 Å². The number of rotatable bonds is 0. The largest absolute Gasteiger partial charge is 0.504 e. The summed E-state index contributed by atoms with van der Waals surface area (Å²) >= 11 is 0. The van der Waals surface area contributed by atoms with Gasteiger partial charge in [-0.3, -0.25) is 0 Å². The lowest BCUT2D eigenvalue weighted by molar-refractivity contribution is 0.218. The van der Waals surface area contributed by atoms with Crippen molar-refractivity contribution >= 4 is 0 Å². The van der Waals surface area contributed by atoms with Crippen LogP contribution in [0.3, 0.4) is 0 Å². The zero-order valence-corrected chi connectivity index (χ0v) is 7.58. The van der Waals surface area contributed by atoms with Gasteiger partial charge in [-0.15, -0.1) is 0 Å². The van der Waals surface area contributed by atoms with Crippen LogP contribution in [0.1, 0.15) is 18.9 Å². The standard InChI is InChI=1S/C10H13NO2/c1-10(11)5-6-13-9-7(10)3-2-4-8(9)12/h2-4,12H,5-6,11H2,1H3. The van der Waals surface area contributed by atoms with Crippen molar-refractivity contribution in [2.24, 2.45) is 5.73 Å². The third-order valence-electron chi connectivity index (χ3n) is 2.48. The molecule has 0 spiro atoms. The lowest BCUT2D eigenvalue weighted by atomic mass is 9.87. The van der Waals surface area contributed by atoms with Crippen molar-refractivity contribution in [1.29, 1.82) is 0 Å². The van der Waals surface area contributed by atoms with Crippen LogP contribution in [0.15, 0.2) is 18.2 Å². The van der Waals surface area contributed by atoms with E-state index < -0.39 is 0 Å². The minimum absolute atomic E-state index is 0.175. The number of phenolic OH excluding ortho intramolecular Hbond substituents is 1. The first-order chi connectivity index (χ1) is 6.11. The summed E-state index contributed by atoms with van der Waals surface area (Å²) in [6.07, 6.45) is 0.781. The second kappa shape index (κ2) is 2.64. The van der Waals surface area contributed by atoms with E-state index in [1.807, 2.05) is 13.0 Å². The van der Waals surface area contributed by atoms with Gasteiger partial charge in [-0.2, -0.15) is 0 Å². The number of fused-ring (bicyclic) bond motifs is 1. The molecule has 1 atom stereocenters. The Labute approximate surface area is 77.1 Å². The molecule has 13 heavy (non-hydrogen) atoms. The lowest BCUT2D eigenvalue weighted by Crippen LogP contribution is -2.38. The molecule has 3 heteroatoms. The Hall–Kier alpha value is -1.22. The zero-order chi connectivity index (χ0) is 9.47. The number of hydrogen-bond donors (Lipinski definition) is 2. The molecule has 2 rings (SSSR count). The first-order valence-electron chi connectivity index (χ1n) is 4.35. The van der Waals surface area contributed by atoms with Gasteiger partial charge in [0, 0.05) is 17.5 Å². The average molecular weight is 179 g/mol. The Kier molecular flexibility index (Phi) is 1.70. The van der Waals surface area contributed by atoms with Crippen LogP contribution in [0.4, 0.5) is 0 Å². The monoisotopic (exact) mass is 179 g/mol. The number of ether oxygens (including phenoxy) is 1. The van der Waals surface area contributed by atoms with Crippen LogP contribution in [0.25, 0.3) is 0 Å². The fourth-order valence-electron chi connectivity index (χ4n) is 1.63. The van der Waals surface area contributed by atoms with E-state index in [2.05, 4.69) is 0 Å². The van der Waals surface area contributed by atoms with Crippen LogP contribution in [0.5, 0.6) is 11.5 Å². The molecule has 1 heterocycles. The Morgan fingerprint density at radius 3 is 3.00 bits per heavy atom. The highest BCUT2D eigenvalue weighted by Crippen LogP contribution is 2.40. The first kappa shape index (κ1) is 8.38. The minimum Gasteiger partial charge on any atom is -0.504 e. The van der Waals surface area contributed by atoms with Gasteiger partial charge in [-0.25, -0.2) is 0 Å². The zero-order valence-electron chi connectivity index (χ0n) is 7.58. The van der Waals surface area contributed by atoms with Crippen LogP contribution in [0, 0.1) is 0 Å². The smallest absolute Gasteiger partial charge is 0.165 e. The molecule has 70 valence electrons. The highest BCUT2D eigenvalue weighted by Gasteiger charge is 2.30. The molecule has 1 aromatic carbocycles. The van der Waals surface area contributed by atoms with E-state index in [1.165, 1.54) is 0 Å². The molecule has 3 N–H and O–H groups in total. The summed E-state index contributed by atoms with van der Waals surface area (Å²) in [5.74, 6) is 0.715. The van der Waals surface area contributed by atoms with E-state index >= 15 is 0 Å². The highest BCUT2D eigenvalue weighted by molar-refractivity contribution is 5.49. The van der Waals surface area contributed by atoms with E-state index in [9.17, 15) is 5.11 Å². The summed E-state index contributed by atoms with van der Waals surface area (Å²) in [7, 11) is 0. The quantitative estimate of drug-likeness (QED) is 0.632.